The van der Waals surface area contributed by atoms with Crippen LogP contribution in [-0.2, 0) is 21.9 Å². The molecule has 1 spiro atoms. The highest BCUT2D eigenvalue weighted by Crippen LogP contribution is 2.47. The molecule has 2 N–H and O–H groups in total. The van der Waals surface area contributed by atoms with Gasteiger partial charge < -0.3 is 14.7 Å². The largest absolute Gasteiger partial charge is 0.490 e. The molecule has 0 unspecified atom stereocenters. The van der Waals surface area contributed by atoms with Crippen molar-refractivity contribution in [2.45, 2.75) is 61.7 Å². The minimum atomic E-state index is -4.08. The average Bonchev–Trinajstić information content (AvgIpc) is 3.15. The smallest absolute Gasteiger partial charge is 0.264 e. The highest BCUT2D eigenvalue weighted by molar-refractivity contribution is 7.90. The number of fused-ring (bicyclic) bond motifs is 4. The summed E-state index contributed by atoms with van der Waals surface area (Å²) >= 11 is 6.40. The highest BCUT2D eigenvalue weighted by atomic mass is 35.5. The van der Waals surface area contributed by atoms with E-state index in [1.165, 1.54) is 11.1 Å². The van der Waals surface area contributed by atoms with Crippen molar-refractivity contribution in [2.75, 3.05) is 24.6 Å². The summed E-state index contributed by atoms with van der Waals surface area (Å²) in [6, 6.07) is 20.4. The number of nitrogens with one attached hydrogen (secondary N) is 1. The second-order valence-electron chi connectivity index (χ2n) is 13.2. The zero-order valence-corrected chi connectivity index (χ0v) is 26.8. The van der Waals surface area contributed by atoms with E-state index in [2.05, 4.69) is 21.8 Å². The van der Waals surface area contributed by atoms with Gasteiger partial charge in [-0.1, -0.05) is 60.2 Å². The molecule has 2 aliphatic heterocycles. The van der Waals surface area contributed by atoms with Crippen LogP contribution in [0.5, 0.6) is 5.75 Å². The number of benzene rings is 3. The monoisotopic (exact) mass is 646 g/mol. The number of hydrogen-bond donors (Lipinski definition) is 2. The van der Waals surface area contributed by atoms with Crippen LogP contribution in [0.3, 0.4) is 0 Å². The Morgan fingerprint density at radius 3 is 2.67 bits per heavy atom. The molecule has 2 aliphatic carbocycles. The molecular weight excluding hydrogens is 608 g/mol. The zero-order valence-electron chi connectivity index (χ0n) is 25.2. The van der Waals surface area contributed by atoms with E-state index in [9.17, 15) is 18.3 Å². The number of aliphatic hydroxyl groups is 1. The van der Waals surface area contributed by atoms with Crippen LogP contribution in [0.25, 0.3) is 0 Å². The fourth-order valence-corrected chi connectivity index (χ4v) is 9.54. The van der Waals surface area contributed by atoms with Gasteiger partial charge in [0.05, 0.1) is 18.4 Å². The number of anilines is 1. The van der Waals surface area contributed by atoms with Gasteiger partial charge in [-0.3, -0.25) is 4.79 Å². The van der Waals surface area contributed by atoms with E-state index in [0.29, 0.717) is 37.4 Å². The van der Waals surface area contributed by atoms with E-state index in [0.717, 1.165) is 42.8 Å². The predicted octanol–water partition coefficient (Wildman–Crippen LogP) is 6.35. The van der Waals surface area contributed by atoms with Crippen molar-refractivity contribution < 1.29 is 23.1 Å². The van der Waals surface area contributed by atoms with Crippen LogP contribution in [0, 0.1) is 11.8 Å². The molecule has 7 nitrogen and oxygen atoms in total. The summed E-state index contributed by atoms with van der Waals surface area (Å²) in [5, 5.41) is 11.0. The van der Waals surface area contributed by atoms with E-state index >= 15 is 0 Å². The normalized spacial score (nSPS) is 30.1. The summed E-state index contributed by atoms with van der Waals surface area (Å²) < 4.78 is 36.4. The lowest BCUT2D eigenvalue weighted by molar-refractivity contribution is 0.0456. The SMILES string of the molecule is O=C1NS(=O)(=O)[C@@H](c2ccccc2)CC/C=C\[C@H](O)[C@@H]2CC[C@H]2CN2C[C@@]3(CCCc4cc(Cl)ccc43)COc3ccc1cc32. The Morgan fingerprint density at radius 1 is 1.02 bits per heavy atom. The van der Waals surface area contributed by atoms with Gasteiger partial charge in [-0.25, -0.2) is 13.1 Å². The topological polar surface area (TPSA) is 95.9 Å². The molecule has 0 aromatic heterocycles. The number of halogens is 1. The number of hydrogen-bond acceptors (Lipinski definition) is 6. The summed E-state index contributed by atoms with van der Waals surface area (Å²) in [6.45, 7) is 1.88. The first kappa shape index (κ1) is 30.3. The molecule has 45 heavy (non-hydrogen) atoms. The summed E-state index contributed by atoms with van der Waals surface area (Å²) in [6.07, 6.45) is 8.73. The van der Waals surface area contributed by atoms with Crippen molar-refractivity contribution in [1.82, 2.24) is 4.72 Å². The number of allylic oxidation sites excluding steroid dienone is 1. The van der Waals surface area contributed by atoms with E-state index in [1.54, 1.807) is 42.5 Å². The lowest BCUT2D eigenvalue weighted by Crippen LogP contribution is -2.49. The summed E-state index contributed by atoms with van der Waals surface area (Å²) in [5.74, 6) is 0.390. The van der Waals surface area contributed by atoms with Crippen molar-refractivity contribution in [3.63, 3.8) is 0 Å². The molecule has 4 aliphatic rings. The van der Waals surface area contributed by atoms with Gasteiger partial charge in [0.15, 0.2) is 0 Å². The molecule has 3 aromatic carbocycles. The van der Waals surface area contributed by atoms with Gasteiger partial charge in [0.25, 0.3) is 5.91 Å². The number of sulfonamides is 1. The van der Waals surface area contributed by atoms with Crippen LogP contribution < -0.4 is 14.4 Å². The van der Waals surface area contributed by atoms with Crippen LogP contribution >= 0.6 is 11.6 Å². The number of aryl methyl sites for hydroxylation is 1. The standard InChI is InChI=1S/C36H39ClN2O5S/c37-28-14-16-30-25(19-28)9-6-18-36(30)22-39-21-27-12-15-29(27)32(40)10-4-5-11-34(24-7-2-1-3-8-24)45(42,43)38-35(41)26-13-17-33(44-23-36)31(39)20-26/h1-4,7-8,10,13-14,16-17,19-20,27,29,32,34,40H,5-6,9,11-12,15,18,21-23H2,(H,38,41)/b10-4-/t27-,29+,32-,34+,36-/m0/s1. The maximum absolute atomic E-state index is 13.7. The molecule has 0 saturated heterocycles. The molecule has 9 heteroatoms. The third-order valence-electron chi connectivity index (χ3n) is 10.4. The fourth-order valence-electron chi connectivity index (χ4n) is 7.86. The van der Waals surface area contributed by atoms with Crippen LogP contribution in [-0.4, -0.2) is 45.2 Å². The van der Waals surface area contributed by atoms with E-state index in [-0.39, 0.29) is 29.2 Å². The first-order chi connectivity index (χ1) is 21.7. The van der Waals surface area contributed by atoms with Crippen molar-refractivity contribution in [3.05, 3.63) is 106 Å². The lowest BCUT2D eigenvalue weighted by atomic mass is 9.68. The Balaban J connectivity index is 1.29. The van der Waals surface area contributed by atoms with Gasteiger partial charge in [-0.15, -0.1) is 0 Å². The maximum Gasteiger partial charge on any atom is 0.264 e. The molecule has 1 amide bonds. The van der Waals surface area contributed by atoms with Crippen LogP contribution in [0.15, 0.2) is 78.9 Å². The van der Waals surface area contributed by atoms with Crippen LogP contribution in [0.1, 0.15) is 70.8 Å². The number of aliphatic hydroxyl groups excluding tert-OH is 1. The number of rotatable bonds is 1. The molecule has 3 aromatic rings. The molecule has 2 bridgehead atoms. The van der Waals surface area contributed by atoms with Gasteiger partial charge >= 0.3 is 0 Å². The van der Waals surface area contributed by atoms with Crippen molar-refractivity contribution in [3.8, 4) is 5.75 Å². The molecule has 1 fully saturated rings. The molecule has 2 heterocycles. The Morgan fingerprint density at radius 2 is 1.87 bits per heavy atom. The van der Waals surface area contributed by atoms with E-state index < -0.39 is 27.3 Å². The van der Waals surface area contributed by atoms with Crippen LogP contribution in [0.2, 0.25) is 5.02 Å². The first-order valence-electron chi connectivity index (χ1n) is 16.0. The maximum atomic E-state index is 13.7. The average molecular weight is 647 g/mol. The van der Waals surface area contributed by atoms with Crippen molar-refractivity contribution in [2.24, 2.45) is 11.8 Å². The van der Waals surface area contributed by atoms with Crippen molar-refractivity contribution >= 4 is 33.2 Å². The van der Waals surface area contributed by atoms with Gasteiger partial charge in [0.1, 0.15) is 11.0 Å². The predicted molar refractivity (Wildman–Crippen MR) is 176 cm³/mol. The Bertz CT molecular complexity index is 1730. The molecule has 236 valence electrons. The molecule has 5 atom stereocenters. The Labute approximate surface area is 270 Å². The summed E-state index contributed by atoms with van der Waals surface area (Å²) in [4.78, 5) is 15.9. The van der Waals surface area contributed by atoms with Gasteiger partial charge in [0, 0.05) is 29.1 Å². The molecule has 0 radical (unpaired) electrons. The number of amides is 1. The molecule has 7 rings (SSSR count). The number of nitrogens with zero attached hydrogens (tertiary/aromatic N) is 1. The quantitative estimate of drug-likeness (QED) is 0.299. The summed E-state index contributed by atoms with van der Waals surface area (Å²) in [7, 11) is -4.08. The minimum Gasteiger partial charge on any atom is -0.490 e. The second-order valence-corrected chi connectivity index (χ2v) is 15.5. The van der Waals surface area contributed by atoms with Gasteiger partial charge in [0.2, 0.25) is 10.0 Å². The number of carbonyl (C=O) groups is 1. The Hall–Kier alpha value is -3.33. The third kappa shape index (κ3) is 5.88. The number of ether oxygens (including phenoxy) is 1. The number of carbonyl (C=O) groups excluding carboxylic acids is 1. The van der Waals surface area contributed by atoms with E-state index in [1.807, 2.05) is 24.3 Å². The van der Waals surface area contributed by atoms with Gasteiger partial charge in [-0.2, -0.15) is 0 Å². The van der Waals surface area contributed by atoms with E-state index in [4.69, 9.17) is 16.3 Å². The fraction of sp³-hybridized carbons (Fsp3) is 0.417. The van der Waals surface area contributed by atoms with Crippen LogP contribution in [0.4, 0.5) is 5.69 Å². The lowest BCUT2D eigenvalue weighted by Gasteiger charge is -2.45. The minimum absolute atomic E-state index is 0.107. The third-order valence-corrected chi connectivity index (χ3v) is 12.3. The first-order valence-corrected chi connectivity index (χ1v) is 17.9. The second kappa shape index (κ2) is 12.1. The zero-order chi connectivity index (χ0) is 31.2. The van der Waals surface area contributed by atoms with Crippen molar-refractivity contribution in [1.29, 1.82) is 0 Å². The van der Waals surface area contributed by atoms with Gasteiger partial charge in [-0.05, 0) is 104 Å². The molecular formula is C36H39ClN2O5S. The Kier molecular flexibility index (Phi) is 8.17. The molecule has 1 saturated carbocycles. The summed E-state index contributed by atoms with van der Waals surface area (Å²) in [5.41, 5.74) is 3.89. The highest BCUT2D eigenvalue weighted by Gasteiger charge is 2.44.